The van der Waals surface area contributed by atoms with Gasteiger partial charge in [-0.15, -0.1) is 0 Å². The Morgan fingerprint density at radius 3 is 3.17 bits per heavy atom. The Hall–Kier alpha value is -2.22. The molecule has 6 nitrogen and oxygen atoms in total. The Bertz CT molecular complexity index is 786. The molecule has 1 unspecified atom stereocenters. The second kappa shape index (κ2) is 6.49. The van der Waals surface area contributed by atoms with Gasteiger partial charge in [0.25, 0.3) is 0 Å². The van der Waals surface area contributed by atoms with Crippen LogP contribution in [0.1, 0.15) is 11.4 Å². The van der Waals surface area contributed by atoms with Crippen molar-refractivity contribution in [2.75, 3.05) is 13.2 Å². The Kier molecular flexibility index (Phi) is 4.42. The Labute approximate surface area is 137 Å². The van der Waals surface area contributed by atoms with Crippen molar-refractivity contribution >= 4 is 18.1 Å². The van der Waals surface area contributed by atoms with Crippen molar-refractivity contribution in [3.8, 4) is 5.75 Å². The van der Waals surface area contributed by atoms with Gasteiger partial charge in [-0.3, -0.25) is 9.89 Å². The highest BCUT2D eigenvalue weighted by atomic mass is 32.1. The number of amides is 1. The zero-order valence-corrected chi connectivity index (χ0v) is 13.5. The molecule has 8 heteroatoms. The van der Waals surface area contributed by atoms with Gasteiger partial charge < -0.3 is 14.6 Å². The predicted octanol–water partition coefficient (Wildman–Crippen LogP) is 1.53. The fourth-order valence-electron chi connectivity index (χ4n) is 2.58. The Morgan fingerprint density at radius 1 is 1.61 bits per heavy atom. The van der Waals surface area contributed by atoms with Gasteiger partial charge in [-0.05, 0) is 42.4 Å². The molecule has 1 aliphatic heterocycles. The fraction of sp³-hybridized carbons (Fsp3) is 0.400. The lowest BCUT2D eigenvalue weighted by Crippen LogP contribution is -2.38. The number of carbonyl (C=O) groups is 1. The van der Waals surface area contributed by atoms with E-state index in [0.717, 1.165) is 11.4 Å². The normalized spacial score (nSPS) is 16.5. The lowest BCUT2D eigenvalue weighted by molar-refractivity contribution is -0.126. The van der Waals surface area contributed by atoms with E-state index in [1.54, 1.807) is 10.6 Å². The second-order valence-corrected chi connectivity index (χ2v) is 5.90. The molecule has 0 aliphatic carbocycles. The Balaban J connectivity index is 1.55. The number of aromatic nitrogens is 3. The van der Waals surface area contributed by atoms with Crippen molar-refractivity contribution in [1.82, 2.24) is 20.1 Å². The zero-order chi connectivity index (χ0) is 16.4. The first-order chi connectivity index (χ1) is 11.0. The molecule has 1 aromatic carbocycles. The number of halogens is 1. The molecular weight excluding hydrogens is 319 g/mol. The highest BCUT2D eigenvalue weighted by Crippen LogP contribution is 2.27. The summed E-state index contributed by atoms with van der Waals surface area (Å²) in [4.78, 5) is 12.2. The number of fused-ring (bicyclic) bond motifs is 1. The van der Waals surface area contributed by atoms with Gasteiger partial charge in [0.05, 0.1) is 5.92 Å². The largest absolute Gasteiger partial charge is 0.492 e. The third-order valence-corrected chi connectivity index (χ3v) is 4.29. The van der Waals surface area contributed by atoms with E-state index in [0.29, 0.717) is 36.5 Å². The third-order valence-electron chi connectivity index (χ3n) is 3.92. The highest BCUT2D eigenvalue weighted by molar-refractivity contribution is 7.71. The van der Waals surface area contributed by atoms with Gasteiger partial charge in [-0.1, -0.05) is 0 Å². The van der Waals surface area contributed by atoms with E-state index in [2.05, 4.69) is 15.5 Å². The molecule has 1 aliphatic rings. The van der Waals surface area contributed by atoms with Crippen LogP contribution in [0, 0.1) is 16.5 Å². The zero-order valence-electron chi connectivity index (χ0n) is 12.6. The number of benzene rings is 1. The molecule has 0 radical (unpaired) electrons. The SMILES string of the molecule is Cn1c(CCNC(=O)C2COc3ccc(F)cc3C2)n[nH]c1=S. The summed E-state index contributed by atoms with van der Waals surface area (Å²) in [5, 5.41) is 9.66. The van der Waals surface area contributed by atoms with Gasteiger partial charge >= 0.3 is 0 Å². The van der Waals surface area contributed by atoms with Crippen LogP contribution in [-0.4, -0.2) is 33.8 Å². The molecule has 0 fully saturated rings. The molecule has 2 N–H and O–H groups in total. The molecule has 122 valence electrons. The number of ether oxygens (including phenoxy) is 1. The monoisotopic (exact) mass is 336 g/mol. The number of carbonyl (C=O) groups excluding carboxylic acids is 1. The minimum absolute atomic E-state index is 0.100. The van der Waals surface area contributed by atoms with Crippen LogP contribution in [0.3, 0.4) is 0 Å². The molecule has 23 heavy (non-hydrogen) atoms. The van der Waals surface area contributed by atoms with Crippen LogP contribution >= 0.6 is 12.2 Å². The van der Waals surface area contributed by atoms with E-state index in [1.807, 2.05) is 7.05 Å². The number of nitrogens with one attached hydrogen (secondary N) is 2. The number of hydrogen-bond donors (Lipinski definition) is 2. The smallest absolute Gasteiger partial charge is 0.226 e. The summed E-state index contributed by atoms with van der Waals surface area (Å²) in [6, 6.07) is 4.38. The summed E-state index contributed by atoms with van der Waals surface area (Å²) in [5.41, 5.74) is 0.728. The Morgan fingerprint density at radius 2 is 2.43 bits per heavy atom. The molecule has 1 atom stereocenters. The summed E-state index contributed by atoms with van der Waals surface area (Å²) in [6.07, 6.45) is 1.06. The average molecular weight is 336 g/mol. The number of hydrogen-bond acceptors (Lipinski definition) is 4. The molecule has 1 amide bonds. The third kappa shape index (κ3) is 3.42. The van der Waals surface area contributed by atoms with Crippen LogP contribution in [0.15, 0.2) is 18.2 Å². The van der Waals surface area contributed by atoms with Gasteiger partial charge in [0.1, 0.15) is 24.0 Å². The van der Waals surface area contributed by atoms with Crippen LogP contribution in [0.25, 0.3) is 0 Å². The van der Waals surface area contributed by atoms with Gasteiger partial charge in [-0.25, -0.2) is 4.39 Å². The predicted molar refractivity (Wildman–Crippen MR) is 84.2 cm³/mol. The van der Waals surface area contributed by atoms with Crippen LogP contribution in [-0.2, 0) is 24.7 Å². The maximum Gasteiger partial charge on any atom is 0.226 e. The van der Waals surface area contributed by atoms with Crippen molar-refractivity contribution in [3.05, 3.63) is 40.2 Å². The van der Waals surface area contributed by atoms with E-state index < -0.39 is 0 Å². The molecule has 0 bridgehead atoms. The molecule has 3 rings (SSSR count). The van der Waals surface area contributed by atoms with Gasteiger partial charge in [0, 0.05) is 20.0 Å². The van der Waals surface area contributed by atoms with E-state index >= 15 is 0 Å². The lowest BCUT2D eigenvalue weighted by atomic mass is 9.96. The molecule has 2 aromatic rings. The van der Waals surface area contributed by atoms with Crippen molar-refractivity contribution in [2.24, 2.45) is 13.0 Å². The van der Waals surface area contributed by atoms with Gasteiger partial charge in [-0.2, -0.15) is 5.10 Å². The molecule has 2 heterocycles. The first-order valence-electron chi connectivity index (χ1n) is 7.34. The van der Waals surface area contributed by atoms with Crippen LogP contribution in [0.2, 0.25) is 0 Å². The summed E-state index contributed by atoms with van der Waals surface area (Å²) in [7, 11) is 1.82. The minimum Gasteiger partial charge on any atom is -0.492 e. The molecular formula is C15H17FN4O2S. The average Bonchev–Trinajstić information content (AvgIpc) is 2.86. The maximum absolute atomic E-state index is 13.3. The van der Waals surface area contributed by atoms with Gasteiger partial charge in [0.15, 0.2) is 4.77 Å². The summed E-state index contributed by atoms with van der Waals surface area (Å²) in [5.74, 6) is 0.696. The standard InChI is InChI=1S/C15H17FN4O2S/c1-20-13(18-19-15(20)23)4-5-17-14(21)10-6-9-7-11(16)2-3-12(9)22-8-10/h2-3,7,10H,4-6,8H2,1H3,(H,17,21)(H,19,23). The molecule has 0 spiro atoms. The lowest BCUT2D eigenvalue weighted by Gasteiger charge is -2.24. The topological polar surface area (TPSA) is 71.9 Å². The fourth-order valence-corrected chi connectivity index (χ4v) is 2.73. The van der Waals surface area contributed by atoms with E-state index in [-0.39, 0.29) is 17.6 Å². The second-order valence-electron chi connectivity index (χ2n) is 5.51. The number of aromatic amines is 1. The summed E-state index contributed by atoms with van der Waals surface area (Å²) >= 11 is 5.04. The van der Waals surface area contributed by atoms with E-state index in [4.69, 9.17) is 17.0 Å². The van der Waals surface area contributed by atoms with Crippen LogP contribution in [0.4, 0.5) is 4.39 Å². The maximum atomic E-state index is 13.3. The van der Waals surface area contributed by atoms with Gasteiger partial charge in [0.2, 0.25) is 5.91 Å². The van der Waals surface area contributed by atoms with Crippen LogP contribution in [0.5, 0.6) is 5.75 Å². The molecule has 0 saturated carbocycles. The minimum atomic E-state index is -0.320. The summed E-state index contributed by atoms with van der Waals surface area (Å²) in [6.45, 7) is 0.760. The van der Waals surface area contributed by atoms with Crippen LogP contribution < -0.4 is 10.1 Å². The summed E-state index contributed by atoms with van der Waals surface area (Å²) < 4.78 is 21.1. The van der Waals surface area contributed by atoms with Crippen molar-refractivity contribution in [3.63, 3.8) is 0 Å². The van der Waals surface area contributed by atoms with Crippen molar-refractivity contribution in [2.45, 2.75) is 12.8 Å². The number of H-pyrrole nitrogens is 1. The molecule has 0 saturated heterocycles. The molecule has 1 aromatic heterocycles. The van der Waals surface area contributed by atoms with Crippen molar-refractivity contribution in [1.29, 1.82) is 0 Å². The first-order valence-corrected chi connectivity index (χ1v) is 7.74. The van der Waals surface area contributed by atoms with E-state index in [9.17, 15) is 9.18 Å². The van der Waals surface area contributed by atoms with Crippen molar-refractivity contribution < 1.29 is 13.9 Å². The number of rotatable bonds is 4. The first kappa shape index (κ1) is 15.7. The quantitative estimate of drug-likeness (QED) is 0.831. The van der Waals surface area contributed by atoms with E-state index in [1.165, 1.54) is 12.1 Å². The highest BCUT2D eigenvalue weighted by Gasteiger charge is 2.26. The number of nitrogens with zero attached hydrogens (tertiary/aromatic N) is 2.